The van der Waals surface area contributed by atoms with Gasteiger partial charge in [-0.15, -0.1) is 5.10 Å². The molecule has 40 heavy (non-hydrogen) atoms. The molecule has 2 fully saturated rings. The van der Waals surface area contributed by atoms with Crippen molar-refractivity contribution in [1.29, 1.82) is 0 Å². The van der Waals surface area contributed by atoms with Crippen LogP contribution in [0.1, 0.15) is 36.3 Å². The van der Waals surface area contributed by atoms with Crippen LogP contribution in [0.25, 0.3) is 11.3 Å². The maximum atomic E-state index is 14.6. The number of carboxylic acid groups (broad SMARTS) is 1. The molecule has 2 aliphatic rings. The van der Waals surface area contributed by atoms with E-state index >= 15 is 0 Å². The number of halogens is 3. The molecule has 0 bridgehead atoms. The zero-order valence-electron chi connectivity index (χ0n) is 21.4. The van der Waals surface area contributed by atoms with Gasteiger partial charge in [0.15, 0.2) is 11.6 Å². The second-order valence-corrected chi connectivity index (χ2v) is 10.7. The minimum Gasteiger partial charge on any atom is -0.465 e. The molecule has 15 heteroatoms. The molecule has 1 aromatic carbocycles. The standard InChI is InChI=1S/C25H28BrF2N5O7/c1-38-24-18(9-13-8-17(40-30-13)12-4-6-32(7-5-12)25(36)37)39-19(11-34)23(35)22(24)33-10-16(29-31-33)14-2-3-15(26)21(28)20(14)27/h2-3,8,10,12,18-19,22-24,34-35H,4-7,9,11H2,1H3,(H,36,37)/t18-,19-,22+,23+,24+/m1/s1. The van der Waals surface area contributed by atoms with Crippen molar-refractivity contribution in [3.05, 3.63) is 52.0 Å². The summed E-state index contributed by atoms with van der Waals surface area (Å²) in [7, 11) is 1.44. The lowest BCUT2D eigenvalue weighted by molar-refractivity contribution is -0.212. The number of methoxy groups -OCH3 is 1. The average Bonchev–Trinajstić information content (AvgIpc) is 3.62. The van der Waals surface area contributed by atoms with Gasteiger partial charge in [-0.05, 0) is 40.9 Å². The van der Waals surface area contributed by atoms with E-state index in [1.54, 1.807) is 6.07 Å². The third-order valence-corrected chi connectivity index (χ3v) is 8.13. The van der Waals surface area contributed by atoms with Gasteiger partial charge in [0.25, 0.3) is 0 Å². The van der Waals surface area contributed by atoms with Gasteiger partial charge in [-0.3, -0.25) is 0 Å². The first-order valence-electron chi connectivity index (χ1n) is 12.7. The van der Waals surface area contributed by atoms with Crippen LogP contribution in [0.5, 0.6) is 0 Å². The minimum absolute atomic E-state index is 0.0273. The molecular formula is C25H28BrF2N5O7. The fourth-order valence-corrected chi connectivity index (χ4v) is 5.68. The Bertz CT molecular complexity index is 1350. The normalized spacial score (nSPS) is 25.9. The summed E-state index contributed by atoms with van der Waals surface area (Å²) in [5.74, 6) is -1.49. The summed E-state index contributed by atoms with van der Waals surface area (Å²) < 4.78 is 47.2. The minimum atomic E-state index is -1.26. The molecule has 2 aliphatic heterocycles. The van der Waals surface area contributed by atoms with Crippen LogP contribution in [0.15, 0.2) is 33.4 Å². The Hall–Kier alpha value is -2.98. The number of carbonyl (C=O) groups is 1. The maximum absolute atomic E-state index is 14.6. The lowest BCUT2D eigenvalue weighted by Crippen LogP contribution is -2.57. The molecule has 216 valence electrons. The van der Waals surface area contributed by atoms with E-state index in [1.807, 2.05) is 0 Å². The second-order valence-electron chi connectivity index (χ2n) is 9.85. The van der Waals surface area contributed by atoms with E-state index < -0.39 is 54.8 Å². The quantitative estimate of drug-likeness (QED) is 0.333. The average molecular weight is 628 g/mol. The predicted molar refractivity (Wildman–Crippen MR) is 136 cm³/mol. The van der Waals surface area contributed by atoms with Crippen LogP contribution < -0.4 is 0 Å². The Kier molecular flexibility index (Phi) is 8.47. The van der Waals surface area contributed by atoms with Gasteiger partial charge in [0.05, 0.1) is 29.1 Å². The second kappa shape index (κ2) is 11.9. The Morgan fingerprint density at radius 3 is 2.65 bits per heavy atom. The van der Waals surface area contributed by atoms with Crippen LogP contribution in [-0.4, -0.2) is 97.7 Å². The van der Waals surface area contributed by atoms with Gasteiger partial charge in [0.2, 0.25) is 0 Å². The van der Waals surface area contributed by atoms with E-state index in [4.69, 9.17) is 14.0 Å². The van der Waals surface area contributed by atoms with Gasteiger partial charge in [0.1, 0.15) is 35.8 Å². The fourth-order valence-electron chi connectivity index (χ4n) is 5.38. The molecule has 12 nitrogen and oxygen atoms in total. The molecule has 1 amide bonds. The van der Waals surface area contributed by atoms with Crippen molar-refractivity contribution in [3.63, 3.8) is 0 Å². The topological polar surface area (TPSA) is 156 Å². The maximum Gasteiger partial charge on any atom is 0.407 e. The molecule has 2 saturated heterocycles. The summed E-state index contributed by atoms with van der Waals surface area (Å²) in [6.45, 7) is 0.314. The summed E-state index contributed by atoms with van der Waals surface area (Å²) in [5.41, 5.74) is 0.493. The molecule has 5 atom stereocenters. The van der Waals surface area contributed by atoms with Gasteiger partial charge < -0.3 is 34.2 Å². The van der Waals surface area contributed by atoms with Crippen molar-refractivity contribution in [2.75, 3.05) is 26.8 Å². The number of benzene rings is 1. The summed E-state index contributed by atoms with van der Waals surface area (Å²) in [4.78, 5) is 12.6. The third-order valence-electron chi connectivity index (χ3n) is 7.52. The van der Waals surface area contributed by atoms with Crippen molar-refractivity contribution >= 4 is 22.0 Å². The highest BCUT2D eigenvalue weighted by atomic mass is 79.9. The number of hydrogen-bond donors (Lipinski definition) is 3. The highest BCUT2D eigenvalue weighted by Gasteiger charge is 2.47. The number of piperidine rings is 1. The number of ether oxygens (including phenoxy) is 2. The molecule has 3 aromatic rings. The molecule has 0 saturated carbocycles. The summed E-state index contributed by atoms with van der Waals surface area (Å²) in [5, 5.41) is 42.4. The molecule has 3 N–H and O–H groups in total. The Labute approximate surface area is 235 Å². The van der Waals surface area contributed by atoms with Crippen molar-refractivity contribution < 1.29 is 42.9 Å². The number of nitrogens with zero attached hydrogens (tertiary/aromatic N) is 5. The van der Waals surface area contributed by atoms with Gasteiger partial charge >= 0.3 is 6.09 Å². The van der Waals surface area contributed by atoms with E-state index in [0.29, 0.717) is 37.4 Å². The SMILES string of the molecule is CO[C@@H]1[C@@H](n2cc(-c3ccc(Br)c(F)c3F)nn2)[C@@H](O)[C@@H](CO)O[C@@H]1Cc1cc(C2CCN(C(=O)O)CC2)on1. The first kappa shape index (κ1) is 28.5. The Morgan fingerprint density at radius 2 is 1.98 bits per heavy atom. The van der Waals surface area contributed by atoms with Gasteiger partial charge in [-0.1, -0.05) is 10.4 Å². The molecule has 0 spiro atoms. The molecule has 0 radical (unpaired) electrons. The summed E-state index contributed by atoms with van der Waals surface area (Å²) >= 11 is 2.95. The van der Waals surface area contributed by atoms with Crippen LogP contribution in [0.2, 0.25) is 0 Å². The van der Waals surface area contributed by atoms with Crippen molar-refractivity contribution in [3.8, 4) is 11.3 Å². The summed E-state index contributed by atoms with van der Waals surface area (Å²) in [6.07, 6.45) is -1.89. The van der Waals surface area contributed by atoms with Gasteiger partial charge in [-0.2, -0.15) is 0 Å². The number of aliphatic hydroxyl groups is 2. The van der Waals surface area contributed by atoms with Gasteiger partial charge in [0, 0.05) is 44.2 Å². The van der Waals surface area contributed by atoms with Crippen LogP contribution in [0.4, 0.5) is 13.6 Å². The zero-order chi connectivity index (χ0) is 28.6. The monoisotopic (exact) mass is 627 g/mol. The van der Waals surface area contributed by atoms with Crippen LogP contribution >= 0.6 is 15.9 Å². The number of amides is 1. The van der Waals surface area contributed by atoms with Crippen LogP contribution in [-0.2, 0) is 15.9 Å². The highest BCUT2D eigenvalue weighted by molar-refractivity contribution is 9.10. The number of likely N-dealkylation sites (tertiary alicyclic amines) is 1. The molecule has 0 aliphatic carbocycles. The highest BCUT2D eigenvalue weighted by Crippen LogP contribution is 2.35. The van der Waals surface area contributed by atoms with Gasteiger partial charge in [-0.25, -0.2) is 18.3 Å². The Balaban J connectivity index is 1.36. The fraction of sp³-hybridized carbons (Fsp3) is 0.520. The lowest BCUT2D eigenvalue weighted by Gasteiger charge is -2.43. The van der Waals surface area contributed by atoms with Crippen molar-refractivity contribution in [2.24, 2.45) is 0 Å². The lowest BCUT2D eigenvalue weighted by atomic mass is 9.90. The molecule has 5 rings (SSSR count). The van der Waals surface area contributed by atoms with E-state index in [0.717, 1.165) is 0 Å². The number of aromatic nitrogens is 4. The van der Waals surface area contributed by atoms with Crippen molar-refractivity contribution in [1.82, 2.24) is 25.1 Å². The van der Waals surface area contributed by atoms with Crippen LogP contribution in [0, 0.1) is 11.6 Å². The number of aliphatic hydroxyl groups excluding tert-OH is 2. The Morgan fingerprint density at radius 1 is 1.23 bits per heavy atom. The third kappa shape index (κ3) is 5.48. The molecular weight excluding hydrogens is 600 g/mol. The number of hydrogen-bond acceptors (Lipinski definition) is 9. The number of rotatable bonds is 7. The zero-order valence-corrected chi connectivity index (χ0v) is 22.9. The first-order valence-corrected chi connectivity index (χ1v) is 13.5. The van der Waals surface area contributed by atoms with Crippen LogP contribution in [0.3, 0.4) is 0 Å². The van der Waals surface area contributed by atoms with Crippen molar-refractivity contribution in [2.45, 2.75) is 55.6 Å². The molecule has 0 unspecified atom stereocenters. The van der Waals surface area contributed by atoms with E-state index in [-0.39, 0.29) is 28.1 Å². The largest absolute Gasteiger partial charge is 0.465 e. The van der Waals surface area contributed by atoms with E-state index in [2.05, 4.69) is 31.4 Å². The summed E-state index contributed by atoms with van der Waals surface area (Å²) in [6, 6.07) is 3.62. The predicted octanol–water partition coefficient (Wildman–Crippen LogP) is 2.75. The smallest absolute Gasteiger partial charge is 0.407 e. The molecule has 4 heterocycles. The first-order chi connectivity index (χ1) is 19.2. The molecule has 2 aromatic heterocycles. The van der Waals surface area contributed by atoms with E-state index in [1.165, 1.54) is 35.0 Å². The van der Waals surface area contributed by atoms with E-state index in [9.17, 15) is 28.9 Å².